The zero-order valence-electron chi connectivity index (χ0n) is 8.82. The van der Waals surface area contributed by atoms with Crippen molar-refractivity contribution in [2.75, 3.05) is 6.54 Å². The van der Waals surface area contributed by atoms with Crippen LogP contribution < -0.4 is 11.1 Å². The number of rotatable bonds is 6. The summed E-state index contributed by atoms with van der Waals surface area (Å²) in [7, 11) is 0. The van der Waals surface area contributed by atoms with Gasteiger partial charge < -0.3 is 16.2 Å². The molecule has 0 radical (unpaired) electrons. The number of aliphatic carboxylic acids is 1. The summed E-state index contributed by atoms with van der Waals surface area (Å²) in [5.41, 5.74) is 6.52. The smallest absolute Gasteiger partial charge is 0.320 e. The summed E-state index contributed by atoms with van der Waals surface area (Å²) in [6.45, 7) is 1.31. The van der Waals surface area contributed by atoms with Crippen molar-refractivity contribution >= 4 is 21.9 Å². The Balaban J connectivity index is 2.23. The molecular weight excluding hydrogens is 272 g/mol. The molecule has 0 aliphatic heterocycles. The second-order valence-electron chi connectivity index (χ2n) is 3.54. The van der Waals surface area contributed by atoms with Crippen molar-refractivity contribution in [1.82, 2.24) is 5.32 Å². The molecule has 4 nitrogen and oxygen atoms in total. The van der Waals surface area contributed by atoms with E-state index >= 15 is 0 Å². The molecule has 0 saturated carbocycles. The van der Waals surface area contributed by atoms with Crippen molar-refractivity contribution in [3.63, 3.8) is 0 Å². The minimum absolute atomic E-state index is 0.434. The fraction of sp³-hybridized carbons (Fsp3) is 0.364. The Morgan fingerprint density at radius 1 is 1.56 bits per heavy atom. The Morgan fingerprint density at radius 2 is 2.31 bits per heavy atom. The van der Waals surface area contributed by atoms with E-state index in [-0.39, 0.29) is 0 Å². The van der Waals surface area contributed by atoms with Gasteiger partial charge in [0.2, 0.25) is 0 Å². The number of halogens is 1. The van der Waals surface area contributed by atoms with Gasteiger partial charge in [-0.25, -0.2) is 0 Å². The number of carboxylic acid groups (broad SMARTS) is 1. The van der Waals surface area contributed by atoms with Gasteiger partial charge in [0.1, 0.15) is 6.04 Å². The van der Waals surface area contributed by atoms with Crippen LogP contribution in [0.2, 0.25) is 0 Å². The van der Waals surface area contributed by atoms with Crippen LogP contribution in [-0.2, 0) is 11.3 Å². The molecule has 16 heavy (non-hydrogen) atoms. The summed E-state index contributed by atoms with van der Waals surface area (Å²) >= 11 is 3.39. The molecule has 0 aliphatic carbocycles. The van der Waals surface area contributed by atoms with E-state index in [2.05, 4.69) is 21.2 Å². The van der Waals surface area contributed by atoms with E-state index in [1.165, 1.54) is 0 Å². The Morgan fingerprint density at radius 3 is 2.94 bits per heavy atom. The fourth-order valence-electron chi connectivity index (χ4n) is 1.26. The van der Waals surface area contributed by atoms with Crippen LogP contribution in [0, 0.1) is 0 Å². The van der Waals surface area contributed by atoms with Gasteiger partial charge in [-0.15, -0.1) is 0 Å². The normalized spacial score (nSPS) is 12.4. The van der Waals surface area contributed by atoms with Crippen molar-refractivity contribution in [3.05, 3.63) is 34.3 Å². The highest BCUT2D eigenvalue weighted by Crippen LogP contribution is 2.11. The van der Waals surface area contributed by atoms with Gasteiger partial charge in [0, 0.05) is 11.0 Å². The quantitative estimate of drug-likeness (QED) is 0.690. The van der Waals surface area contributed by atoms with Crippen LogP contribution in [0.3, 0.4) is 0 Å². The van der Waals surface area contributed by atoms with Gasteiger partial charge in [0.05, 0.1) is 0 Å². The zero-order valence-corrected chi connectivity index (χ0v) is 10.4. The number of nitrogens with one attached hydrogen (secondary N) is 1. The lowest BCUT2D eigenvalue weighted by atomic mass is 10.2. The number of carboxylic acids is 1. The lowest BCUT2D eigenvalue weighted by Crippen LogP contribution is -2.33. The maximum absolute atomic E-state index is 10.4. The molecule has 0 amide bonds. The van der Waals surface area contributed by atoms with Gasteiger partial charge in [-0.05, 0) is 30.7 Å². The molecule has 0 saturated heterocycles. The third-order valence-electron chi connectivity index (χ3n) is 2.17. The lowest BCUT2D eigenvalue weighted by Gasteiger charge is -2.08. The monoisotopic (exact) mass is 286 g/mol. The molecule has 1 rings (SSSR count). The summed E-state index contributed by atoms with van der Waals surface area (Å²) in [6, 6.07) is 7.17. The van der Waals surface area contributed by atoms with Crippen molar-refractivity contribution in [1.29, 1.82) is 0 Å². The first-order valence-corrected chi connectivity index (χ1v) is 5.82. The van der Waals surface area contributed by atoms with Crippen molar-refractivity contribution in [2.45, 2.75) is 19.0 Å². The van der Waals surface area contributed by atoms with Gasteiger partial charge in [-0.1, -0.05) is 28.1 Å². The maximum Gasteiger partial charge on any atom is 0.320 e. The van der Waals surface area contributed by atoms with Crippen LogP contribution in [-0.4, -0.2) is 23.7 Å². The van der Waals surface area contributed by atoms with E-state index in [0.717, 1.165) is 10.0 Å². The molecule has 0 heterocycles. The van der Waals surface area contributed by atoms with Crippen LogP contribution in [0.1, 0.15) is 12.0 Å². The predicted octanol–water partition coefficient (Wildman–Crippen LogP) is 1.34. The Kier molecular flexibility index (Phi) is 5.45. The van der Waals surface area contributed by atoms with Gasteiger partial charge in [-0.2, -0.15) is 0 Å². The second kappa shape index (κ2) is 6.62. The van der Waals surface area contributed by atoms with Crippen LogP contribution in [0.25, 0.3) is 0 Å². The number of benzene rings is 1. The molecule has 5 heteroatoms. The van der Waals surface area contributed by atoms with E-state index in [1.54, 1.807) is 0 Å². The van der Waals surface area contributed by atoms with E-state index in [0.29, 0.717) is 19.5 Å². The molecular formula is C11H15BrN2O2. The Hall–Kier alpha value is -0.910. The van der Waals surface area contributed by atoms with Gasteiger partial charge in [-0.3, -0.25) is 4.79 Å². The van der Waals surface area contributed by atoms with E-state index in [1.807, 2.05) is 24.3 Å². The average molecular weight is 287 g/mol. The molecule has 0 bridgehead atoms. The molecule has 1 atom stereocenters. The van der Waals surface area contributed by atoms with Crippen molar-refractivity contribution in [3.8, 4) is 0 Å². The highest BCUT2D eigenvalue weighted by atomic mass is 79.9. The SMILES string of the molecule is NC(CCNCc1cccc(Br)c1)C(=O)O. The van der Waals surface area contributed by atoms with Crippen LogP contribution in [0.5, 0.6) is 0 Å². The minimum Gasteiger partial charge on any atom is -0.480 e. The van der Waals surface area contributed by atoms with Crippen LogP contribution in [0.15, 0.2) is 28.7 Å². The van der Waals surface area contributed by atoms with Crippen LogP contribution >= 0.6 is 15.9 Å². The number of hydrogen-bond donors (Lipinski definition) is 3. The van der Waals surface area contributed by atoms with Gasteiger partial charge >= 0.3 is 5.97 Å². The molecule has 0 aliphatic rings. The average Bonchev–Trinajstić information content (AvgIpc) is 2.24. The summed E-state index contributed by atoms with van der Waals surface area (Å²) in [4.78, 5) is 10.4. The number of carbonyl (C=O) groups is 1. The summed E-state index contributed by atoms with van der Waals surface area (Å²) in [5, 5.41) is 11.7. The van der Waals surface area contributed by atoms with Crippen LogP contribution in [0.4, 0.5) is 0 Å². The first kappa shape index (κ1) is 13.2. The molecule has 0 fully saturated rings. The van der Waals surface area contributed by atoms with Gasteiger partial charge in [0.25, 0.3) is 0 Å². The molecule has 0 aromatic heterocycles. The van der Waals surface area contributed by atoms with E-state index in [9.17, 15) is 4.79 Å². The molecule has 1 aromatic carbocycles. The first-order valence-electron chi connectivity index (χ1n) is 5.03. The number of hydrogen-bond acceptors (Lipinski definition) is 3. The zero-order chi connectivity index (χ0) is 12.0. The topological polar surface area (TPSA) is 75.3 Å². The molecule has 0 spiro atoms. The first-order chi connectivity index (χ1) is 7.59. The maximum atomic E-state index is 10.4. The third-order valence-corrected chi connectivity index (χ3v) is 2.66. The molecule has 1 unspecified atom stereocenters. The largest absolute Gasteiger partial charge is 0.480 e. The second-order valence-corrected chi connectivity index (χ2v) is 4.46. The summed E-state index contributed by atoms with van der Waals surface area (Å²) < 4.78 is 1.04. The third kappa shape index (κ3) is 4.74. The Labute approximate surface area is 103 Å². The minimum atomic E-state index is -0.954. The summed E-state index contributed by atoms with van der Waals surface area (Å²) in [6.07, 6.45) is 0.434. The highest BCUT2D eigenvalue weighted by molar-refractivity contribution is 9.10. The van der Waals surface area contributed by atoms with Gasteiger partial charge in [0.15, 0.2) is 0 Å². The molecule has 4 N–H and O–H groups in total. The number of nitrogens with two attached hydrogens (primary N) is 1. The standard InChI is InChI=1S/C11H15BrN2O2/c12-9-3-1-2-8(6-9)7-14-5-4-10(13)11(15)16/h1-3,6,10,14H,4-5,7,13H2,(H,15,16). The fourth-order valence-corrected chi connectivity index (χ4v) is 1.71. The Bertz CT molecular complexity index is 358. The predicted molar refractivity (Wildman–Crippen MR) is 66.1 cm³/mol. The van der Waals surface area contributed by atoms with E-state index in [4.69, 9.17) is 10.8 Å². The van der Waals surface area contributed by atoms with Crippen molar-refractivity contribution in [2.24, 2.45) is 5.73 Å². The van der Waals surface area contributed by atoms with Crippen molar-refractivity contribution < 1.29 is 9.90 Å². The molecule has 88 valence electrons. The highest BCUT2D eigenvalue weighted by Gasteiger charge is 2.09. The van der Waals surface area contributed by atoms with E-state index < -0.39 is 12.0 Å². The summed E-state index contributed by atoms with van der Waals surface area (Å²) in [5.74, 6) is -0.954. The molecule has 1 aromatic rings. The lowest BCUT2D eigenvalue weighted by molar-refractivity contribution is -0.138.